The standard InChI is InChI=1S/C19H29N3O2/c1-19(8-5-9-20-15-19)18(23)21-12-17-14-22(10-11-24-17)13-16-6-3-2-4-7-16/h2-4,6-7,17,20H,5,8-15H2,1H3,(H,21,23). The van der Waals surface area contributed by atoms with Crippen LogP contribution in [0.5, 0.6) is 0 Å². The second-order valence-electron chi connectivity index (χ2n) is 7.26. The van der Waals surface area contributed by atoms with Crippen LogP contribution in [0.2, 0.25) is 0 Å². The summed E-state index contributed by atoms with van der Waals surface area (Å²) in [6.45, 7) is 7.92. The van der Waals surface area contributed by atoms with E-state index >= 15 is 0 Å². The molecule has 2 aliphatic heterocycles. The highest BCUT2D eigenvalue weighted by Crippen LogP contribution is 2.25. The molecule has 0 radical (unpaired) electrons. The highest BCUT2D eigenvalue weighted by Gasteiger charge is 2.35. The summed E-state index contributed by atoms with van der Waals surface area (Å²) in [6, 6.07) is 10.5. The molecule has 2 saturated heterocycles. The van der Waals surface area contributed by atoms with Crippen LogP contribution >= 0.6 is 0 Å². The average Bonchev–Trinajstić information content (AvgIpc) is 2.61. The van der Waals surface area contributed by atoms with Crippen molar-refractivity contribution in [2.45, 2.75) is 32.4 Å². The van der Waals surface area contributed by atoms with Gasteiger partial charge in [-0.05, 0) is 31.9 Å². The van der Waals surface area contributed by atoms with E-state index in [1.165, 1.54) is 5.56 Å². The summed E-state index contributed by atoms with van der Waals surface area (Å²) < 4.78 is 5.84. The maximum atomic E-state index is 12.5. The molecule has 1 aromatic rings. The molecule has 2 N–H and O–H groups in total. The summed E-state index contributed by atoms with van der Waals surface area (Å²) >= 11 is 0. The van der Waals surface area contributed by atoms with Crippen molar-refractivity contribution >= 4 is 5.91 Å². The molecule has 0 aliphatic carbocycles. The number of carbonyl (C=O) groups is 1. The van der Waals surface area contributed by atoms with Crippen LogP contribution in [0.4, 0.5) is 0 Å². The molecule has 0 spiro atoms. The van der Waals surface area contributed by atoms with Crippen molar-refractivity contribution in [2.75, 3.05) is 39.3 Å². The second-order valence-corrected chi connectivity index (χ2v) is 7.26. The van der Waals surface area contributed by atoms with E-state index in [1.807, 2.05) is 6.07 Å². The van der Waals surface area contributed by atoms with Crippen LogP contribution in [0.25, 0.3) is 0 Å². The molecule has 1 aromatic carbocycles. The molecule has 24 heavy (non-hydrogen) atoms. The highest BCUT2D eigenvalue weighted by atomic mass is 16.5. The van der Waals surface area contributed by atoms with Crippen LogP contribution in [-0.2, 0) is 16.1 Å². The Morgan fingerprint density at radius 3 is 3.00 bits per heavy atom. The third kappa shape index (κ3) is 4.56. The van der Waals surface area contributed by atoms with Crippen LogP contribution in [0.3, 0.4) is 0 Å². The normalized spacial score (nSPS) is 28.5. The van der Waals surface area contributed by atoms with Crippen LogP contribution in [0.15, 0.2) is 30.3 Å². The fraction of sp³-hybridized carbons (Fsp3) is 0.632. The number of amides is 1. The summed E-state index contributed by atoms with van der Waals surface area (Å²) in [6.07, 6.45) is 2.10. The van der Waals surface area contributed by atoms with Gasteiger partial charge < -0.3 is 15.4 Å². The van der Waals surface area contributed by atoms with Gasteiger partial charge in [-0.15, -0.1) is 0 Å². The molecule has 0 saturated carbocycles. The second kappa shape index (κ2) is 8.10. The fourth-order valence-electron chi connectivity index (χ4n) is 3.56. The lowest BCUT2D eigenvalue weighted by Crippen LogP contribution is -2.52. The molecular formula is C19H29N3O2. The first kappa shape index (κ1) is 17.4. The maximum Gasteiger partial charge on any atom is 0.227 e. The number of hydrogen-bond acceptors (Lipinski definition) is 4. The van der Waals surface area contributed by atoms with E-state index in [2.05, 4.69) is 46.7 Å². The third-order valence-electron chi connectivity index (χ3n) is 5.11. The van der Waals surface area contributed by atoms with E-state index in [-0.39, 0.29) is 17.4 Å². The lowest BCUT2D eigenvalue weighted by molar-refractivity contribution is -0.132. The van der Waals surface area contributed by atoms with Crippen molar-refractivity contribution < 1.29 is 9.53 Å². The lowest BCUT2D eigenvalue weighted by Gasteiger charge is -2.35. The summed E-state index contributed by atoms with van der Waals surface area (Å²) in [5.41, 5.74) is 1.04. The van der Waals surface area contributed by atoms with Gasteiger partial charge in [0.15, 0.2) is 0 Å². The van der Waals surface area contributed by atoms with Gasteiger partial charge in [-0.3, -0.25) is 9.69 Å². The molecule has 2 atom stereocenters. The predicted octanol–water partition coefficient (Wildman–Crippen LogP) is 1.39. The van der Waals surface area contributed by atoms with E-state index < -0.39 is 0 Å². The molecule has 0 bridgehead atoms. The molecule has 132 valence electrons. The molecule has 2 aliphatic rings. The molecule has 1 amide bonds. The van der Waals surface area contributed by atoms with E-state index in [9.17, 15) is 4.79 Å². The van der Waals surface area contributed by atoms with E-state index in [4.69, 9.17) is 4.74 Å². The van der Waals surface area contributed by atoms with Crippen molar-refractivity contribution in [3.8, 4) is 0 Å². The summed E-state index contributed by atoms with van der Waals surface area (Å²) in [4.78, 5) is 14.9. The zero-order valence-electron chi connectivity index (χ0n) is 14.6. The Morgan fingerprint density at radius 2 is 2.25 bits per heavy atom. The van der Waals surface area contributed by atoms with E-state index in [0.717, 1.165) is 52.2 Å². The Morgan fingerprint density at radius 1 is 1.42 bits per heavy atom. The first-order valence-electron chi connectivity index (χ1n) is 9.03. The minimum atomic E-state index is -0.281. The lowest BCUT2D eigenvalue weighted by atomic mass is 9.82. The van der Waals surface area contributed by atoms with Gasteiger partial charge in [0.2, 0.25) is 5.91 Å². The minimum absolute atomic E-state index is 0.0755. The van der Waals surface area contributed by atoms with Crippen LogP contribution in [-0.4, -0.2) is 56.2 Å². The molecule has 3 rings (SSSR count). The fourth-order valence-corrected chi connectivity index (χ4v) is 3.56. The molecule has 5 nitrogen and oxygen atoms in total. The summed E-state index contributed by atoms with van der Waals surface area (Å²) in [5.74, 6) is 0.151. The monoisotopic (exact) mass is 331 g/mol. The number of rotatable bonds is 5. The Hall–Kier alpha value is -1.43. The Kier molecular flexibility index (Phi) is 5.87. The molecule has 0 aromatic heterocycles. The first-order chi connectivity index (χ1) is 11.7. The van der Waals surface area contributed by atoms with Gasteiger partial charge >= 0.3 is 0 Å². The summed E-state index contributed by atoms with van der Waals surface area (Å²) in [7, 11) is 0. The van der Waals surface area contributed by atoms with Crippen molar-refractivity contribution in [1.82, 2.24) is 15.5 Å². The number of nitrogens with one attached hydrogen (secondary N) is 2. The Bertz CT molecular complexity index is 529. The van der Waals surface area contributed by atoms with Gasteiger partial charge in [0.25, 0.3) is 0 Å². The predicted molar refractivity (Wildman–Crippen MR) is 94.7 cm³/mol. The molecule has 2 heterocycles. The number of benzene rings is 1. The SMILES string of the molecule is CC1(C(=O)NCC2CN(Cc3ccccc3)CCO2)CCCNC1. The van der Waals surface area contributed by atoms with Crippen molar-refractivity contribution in [2.24, 2.45) is 5.41 Å². The van der Waals surface area contributed by atoms with Gasteiger partial charge in [-0.1, -0.05) is 30.3 Å². The van der Waals surface area contributed by atoms with Crippen LogP contribution in [0, 0.1) is 5.41 Å². The van der Waals surface area contributed by atoms with Gasteiger partial charge in [0.05, 0.1) is 18.1 Å². The topological polar surface area (TPSA) is 53.6 Å². The third-order valence-corrected chi connectivity index (χ3v) is 5.11. The number of morpholine rings is 1. The number of nitrogens with zero attached hydrogens (tertiary/aromatic N) is 1. The molecular weight excluding hydrogens is 302 g/mol. The van der Waals surface area contributed by atoms with Gasteiger partial charge in [-0.25, -0.2) is 0 Å². The Balaban J connectivity index is 1.46. The zero-order chi connectivity index (χ0) is 16.8. The van der Waals surface area contributed by atoms with Gasteiger partial charge in [-0.2, -0.15) is 0 Å². The van der Waals surface area contributed by atoms with Crippen molar-refractivity contribution in [3.63, 3.8) is 0 Å². The molecule has 2 fully saturated rings. The van der Waals surface area contributed by atoms with Crippen molar-refractivity contribution in [3.05, 3.63) is 35.9 Å². The van der Waals surface area contributed by atoms with E-state index in [1.54, 1.807) is 0 Å². The molecule has 2 unspecified atom stereocenters. The molecule has 5 heteroatoms. The quantitative estimate of drug-likeness (QED) is 0.856. The van der Waals surface area contributed by atoms with E-state index in [0.29, 0.717) is 6.54 Å². The minimum Gasteiger partial charge on any atom is -0.374 e. The smallest absolute Gasteiger partial charge is 0.227 e. The first-order valence-corrected chi connectivity index (χ1v) is 9.03. The van der Waals surface area contributed by atoms with Crippen molar-refractivity contribution in [1.29, 1.82) is 0 Å². The number of piperidine rings is 1. The number of carbonyl (C=O) groups excluding carboxylic acids is 1. The van der Waals surface area contributed by atoms with Gasteiger partial charge in [0, 0.05) is 32.7 Å². The summed E-state index contributed by atoms with van der Waals surface area (Å²) in [5, 5.41) is 6.44. The highest BCUT2D eigenvalue weighted by molar-refractivity contribution is 5.82. The average molecular weight is 331 g/mol. The zero-order valence-corrected chi connectivity index (χ0v) is 14.6. The van der Waals surface area contributed by atoms with Crippen LogP contribution in [0.1, 0.15) is 25.3 Å². The van der Waals surface area contributed by atoms with Gasteiger partial charge in [0.1, 0.15) is 0 Å². The number of ether oxygens (including phenoxy) is 1. The number of hydrogen-bond donors (Lipinski definition) is 2. The van der Waals surface area contributed by atoms with Crippen LogP contribution < -0.4 is 10.6 Å². The largest absolute Gasteiger partial charge is 0.374 e. The maximum absolute atomic E-state index is 12.5. The Labute approximate surface area is 144 Å².